The molecule has 78 heavy (non-hydrogen) atoms. The lowest BCUT2D eigenvalue weighted by Crippen LogP contribution is -2.43. The smallest absolute Gasteiger partial charge is 0.330 e. The standard InChI is InChI=1S/C31H37N3O6.C29H33N3O6/c1-3-38-31(36)9-5-23-19-25(37-2)20-27-26(23)6-8-30(35)34(27)15-14-33-12-10-24(11-13-33)32-21-22-4-7-28-29(18-22)40-17-16-39-28;1-36-23-17-21(3-7-29(34)35)24-4-6-28(33)32(25(24)18-23)13-12-31-10-8-22(9-11-31)30-19-20-2-5-26-27(16-20)38-15-14-37-26/h4-9,18-20,24,32H,3,10-17,21H2,1-2H3;2-7,16-18,22,30H,8-15,19H2,1H3,(H,34,35)/b9-5-;7-3+. The van der Waals surface area contributed by atoms with Crippen molar-refractivity contribution >= 4 is 45.9 Å². The highest BCUT2D eigenvalue weighted by atomic mass is 16.6. The number of hydrogen-bond donors (Lipinski definition) is 3. The van der Waals surface area contributed by atoms with Crippen molar-refractivity contribution in [2.75, 3.05) is 86.5 Å². The van der Waals surface area contributed by atoms with Crippen molar-refractivity contribution in [3.63, 3.8) is 0 Å². The third kappa shape index (κ3) is 14.3. The number of ether oxygens (including phenoxy) is 7. The van der Waals surface area contributed by atoms with Crippen LogP contribution in [0.25, 0.3) is 34.0 Å². The Morgan fingerprint density at radius 3 is 1.44 bits per heavy atom. The quantitative estimate of drug-likeness (QED) is 0.0570. The number of hydrogen-bond acceptors (Lipinski definition) is 15. The number of carboxylic acid groups (broad SMARTS) is 1. The summed E-state index contributed by atoms with van der Waals surface area (Å²) in [5.74, 6) is 3.03. The van der Waals surface area contributed by atoms with Crippen LogP contribution < -0.4 is 50.2 Å². The van der Waals surface area contributed by atoms with Gasteiger partial charge in [-0.05, 0) is 142 Å². The molecule has 2 aromatic heterocycles. The minimum atomic E-state index is -1.03. The zero-order valence-corrected chi connectivity index (χ0v) is 44.7. The van der Waals surface area contributed by atoms with E-state index < -0.39 is 11.9 Å². The molecule has 4 aliphatic heterocycles. The number of aliphatic carboxylic acids is 1. The number of carboxylic acids is 1. The number of carbonyl (C=O) groups excluding carboxylic acids is 1. The van der Waals surface area contributed by atoms with Crippen LogP contribution in [0.5, 0.6) is 34.5 Å². The first kappa shape index (κ1) is 55.1. The highest BCUT2D eigenvalue weighted by molar-refractivity contribution is 5.95. The summed E-state index contributed by atoms with van der Waals surface area (Å²) in [5, 5.41) is 18.1. The van der Waals surface area contributed by atoms with Gasteiger partial charge in [-0.1, -0.05) is 12.1 Å². The number of piperidine rings is 2. The lowest BCUT2D eigenvalue weighted by molar-refractivity contribution is -0.137. The molecule has 0 amide bonds. The second-order valence-electron chi connectivity index (χ2n) is 19.7. The van der Waals surface area contributed by atoms with Gasteiger partial charge in [0.2, 0.25) is 0 Å². The zero-order valence-electron chi connectivity index (χ0n) is 44.7. The highest BCUT2D eigenvalue weighted by Gasteiger charge is 2.22. The fourth-order valence-electron chi connectivity index (χ4n) is 10.4. The molecule has 18 heteroatoms. The average molecular weight is 1070 g/mol. The van der Waals surface area contributed by atoms with Gasteiger partial charge in [0.1, 0.15) is 37.9 Å². The monoisotopic (exact) mass is 1070 g/mol. The van der Waals surface area contributed by atoms with Crippen LogP contribution >= 0.6 is 0 Å². The first-order chi connectivity index (χ1) is 38.0. The molecule has 0 radical (unpaired) electrons. The molecular weight excluding hydrogens is 997 g/mol. The molecule has 0 bridgehead atoms. The summed E-state index contributed by atoms with van der Waals surface area (Å²) in [6, 6.07) is 27.2. The number of benzene rings is 4. The predicted molar refractivity (Wildman–Crippen MR) is 299 cm³/mol. The van der Waals surface area contributed by atoms with Crippen LogP contribution in [-0.4, -0.2) is 135 Å². The summed E-state index contributed by atoms with van der Waals surface area (Å²) < 4.78 is 42.1. The molecule has 3 N–H and O–H groups in total. The molecule has 18 nitrogen and oxygen atoms in total. The summed E-state index contributed by atoms with van der Waals surface area (Å²) in [4.78, 5) is 53.5. The van der Waals surface area contributed by atoms with Crippen LogP contribution in [-0.2, 0) is 40.5 Å². The van der Waals surface area contributed by atoms with Crippen molar-refractivity contribution in [3.05, 3.63) is 140 Å². The molecule has 2 fully saturated rings. The van der Waals surface area contributed by atoms with Gasteiger partial charge in [0.25, 0.3) is 11.1 Å². The van der Waals surface area contributed by atoms with Crippen molar-refractivity contribution in [2.45, 2.75) is 70.9 Å². The van der Waals surface area contributed by atoms with Gasteiger partial charge in [0.05, 0.1) is 31.9 Å². The Kier molecular flexibility index (Phi) is 18.8. The van der Waals surface area contributed by atoms with Gasteiger partial charge in [0, 0.05) is 98.5 Å². The SMILES string of the molecule is CCOC(=O)/C=C\c1cc(OC)cc2c1ccc(=O)n2CCN1CCC(NCc2ccc3c(c2)OCCO3)CC1.COc1cc(/C=C/C(=O)O)c2ccc(=O)n(CCN3CCC(NCc4ccc5c(c4)OCCO5)CC3)c2c1. The number of carbonyl (C=O) groups is 2. The average Bonchev–Trinajstić information content (AvgIpc) is 3.52. The largest absolute Gasteiger partial charge is 0.497 e. The van der Waals surface area contributed by atoms with Crippen molar-refractivity contribution in [3.8, 4) is 34.5 Å². The third-order valence-electron chi connectivity index (χ3n) is 14.6. The van der Waals surface area contributed by atoms with E-state index in [2.05, 4.69) is 44.7 Å². The molecule has 0 saturated carbocycles. The zero-order chi connectivity index (χ0) is 54.4. The second kappa shape index (κ2) is 26.6. The van der Waals surface area contributed by atoms with E-state index in [1.54, 1.807) is 66.7 Å². The Morgan fingerprint density at radius 1 is 0.577 bits per heavy atom. The van der Waals surface area contributed by atoms with E-state index in [0.717, 1.165) is 134 Å². The van der Waals surface area contributed by atoms with Crippen LogP contribution in [0.2, 0.25) is 0 Å². The molecule has 6 heterocycles. The summed E-state index contributed by atoms with van der Waals surface area (Å²) in [5.41, 5.74) is 5.23. The van der Waals surface area contributed by atoms with Crippen LogP contribution in [0.4, 0.5) is 0 Å². The Morgan fingerprint density at radius 2 is 1.01 bits per heavy atom. The molecule has 0 spiro atoms. The maximum Gasteiger partial charge on any atom is 0.330 e. The van der Waals surface area contributed by atoms with Gasteiger partial charge >= 0.3 is 11.9 Å². The first-order valence-corrected chi connectivity index (χ1v) is 26.9. The van der Waals surface area contributed by atoms with E-state index in [1.165, 1.54) is 23.3 Å². The number of nitrogens with one attached hydrogen (secondary N) is 2. The first-order valence-electron chi connectivity index (χ1n) is 26.9. The molecule has 412 valence electrons. The van der Waals surface area contributed by atoms with E-state index in [-0.39, 0.29) is 11.1 Å². The normalized spacial score (nSPS) is 16.1. The Bertz CT molecular complexity index is 3250. The van der Waals surface area contributed by atoms with Crippen molar-refractivity contribution < 1.29 is 47.9 Å². The van der Waals surface area contributed by atoms with Crippen LogP contribution in [0.15, 0.2) is 107 Å². The number of nitrogens with zero attached hydrogens (tertiary/aromatic N) is 4. The lowest BCUT2D eigenvalue weighted by Gasteiger charge is -2.32. The lowest BCUT2D eigenvalue weighted by atomic mass is 10.0. The van der Waals surface area contributed by atoms with E-state index in [9.17, 15) is 19.2 Å². The summed E-state index contributed by atoms with van der Waals surface area (Å²) >= 11 is 0. The maximum absolute atomic E-state index is 12.9. The number of methoxy groups -OCH3 is 2. The Labute approximate surface area is 453 Å². The molecule has 4 aliphatic rings. The molecule has 0 unspecified atom stereocenters. The van der Waals surface area contributed by atoms with E-state index in [4.69, 9.17) is 38.3 Å². The van der Waals surface area contributed by atoms with Gasteiger partial charge in [-0.3, -0.25) is 9.59 Å². The third-order valence-corrected chi connectivity index (χ3v) is 14.6. The molecule has 6 aromatic rings. The molecule has 2 saturated heterocycles. The fourth-order valence-corrected chi connectivity index (χ4v) is 10.4. The van der Waals surface area contributed by atoms with Gasteiger partial charge in [-0.2, -0.15) is 0 Å². The molecule has 4 aromatic carbocycles. The van der Waals surface area contributed by atoms with Gasteiger partial charge in [-0.25, -0.2) is 9.59 Å². The minimum absolute atomic E-state index is 0.0583. The topological polar surface area (TPSA) is 194 Å². The van der Waals surface area contributed by atoms with Crippen molar-refractivity contribution in [1.82, 2.24) is 29.6 Å². The molecule has 0 atom stereocenters. The Balaban J connectivity index is 0.000000190. The second-order valence-corrected chi connectivity index (χ2v) is 19.7. The van der Waals surface area contributed by atoms with Crippen molar-refractivity contribution in [2.24, 2.45) is 0 Å². The summed E-state index contributed by atoms with van der Waals surface area (Å²) in [7, 11) is 3.15. The Hall–Kier alpha value is -7.64. The van der Waals surface area contributed by atoms with Gasteiger partial charge in [0.15, 0.2) is 23.0 Å². The van der Waals surface area contributed by atoms with Crippen LogP contribution in [0.3, 0.4) is 0 Å². The number of fused-ring (bicyclic) bond motifs is 4. The van der Waals surface area contributed by atoms with Crippen molar-refractivity contribution in [1.29, 1.82) is 0 Å². The minimum Gasteiger partial charge on any atom is -0.497 e. The number of likely N-dealkylation sites (tertiary alicyclic amines) is 2. The number of pyridine rings is 2. The molecule has 10 rings (SSSR count). The number of rotatable bonds is 19. The molecule has 0 aliphatic carbocycles. The van der Waals surface area contributed by atoms with E-state index >= 15 is 0 Å². The summed E-state index contributed by atoms with van der Waals surface area (Å²) in [6.07, 6.45) is 9.90. The summed E-state index contributed by atoms with van der Waals surface area (Å²) in [6.45, 7) is 12.5. The molecular formula is C60H70N6O12. The van der Waals surface area contributed by atoms with Gasteiger partial charge in [-0.15, -0.1) is 0 Å². The predicted octanol–water partition coefficient (Wildman–Crippen LogP) is 6.75. The fraction of sp³-hybridized carbons (Fsp3) is 0.400. The number of esters is 1. The van der Waals surface area contributed by atoms with E-state index in [0.29, 0.717) is 75.3 Å². The van der Waals surface area contributed by atoms with Crippen LogP contribution in [0, 0.1) is 0 Å². The van der Waals surface area contributed by atoms with Gasteiger partial charge < -0.3 is 67.8 Å². The van der Waals surface area contributed by atoms with E-state index in [1.807, 2.05) is 30.3 Å². The highest BCUT2D eigenvalue weighted by Crippen LogP contribution is 2.33. The number of aromatic nitrogens is 2. The maximum atomic E-state index is 12.9. The van der Waals surface area contributed by atoms with Crippen LogP contribution in [0.1, 0.15) is 54.9 Å².